The summed E-state index contributed by atoms with van der Waals surface area (Å²) in [4.78, 5) is 27.1. The number of carbonyl (C=O) groups is 1. The number of anilines is 1. The van der Waals surface area contributed by atoms with Gasteiger partial charge in [-0.25, -0.2) is 9.78 Å². The van der Waals surface area contributed by atoms with Gasteiger partial charge in [0.05, 0.1) is 5.69 Å². The Morgan fingerprint density at radius 1 is 1.62 bits per heavy atom. The van der Waals surface area contributed by atoms with Crippen molar-refractivity contribution in [3.8, 4) is 0 Å². The van der Waals surface area contributed by atoms with Crippen LogP contribution in [0.5, 0.6) is 0 Å². The van der Waals surface area contributed by atoms with Crippen LogP contribution in [0.3, 0.4) is 0 Å². The first-order chi connectivity index (χ1) is 7.43. The number of fused-ring (bicyclic) bond motifs is 1. The average molecular weight is 223 g/mol. The molecule has 1 aliphatic heterocycles. The van der Waals surface area contributed by atoms with E-state index in [-0.39, 0.29) is 11.6 Å². The number of aliphatic carboxylic acids is 1. The van der Waals surface area contributed by atoms with E-state index in [1.807, 2.05) is 6.92 Å². The van der Waals surface area contributed by atoms with Gasteiger partial charge in [0.25, 0.3) is 5.56 Å². The number of nitrogens with two attached hydrogens (primary N) is 1. The van der Waals surface area contributed by atoms with Gasteiger partial charge in [0.2, 0.25) is 0 Å². The molecule has 0 aliphatic carbocycles. The molecule has 86 valence electrons. The van der Waals surface area contributed by atoms with Crippen molar-refractivity contribution in [2.24, 2.45) is 0 Å². The molecule has 0 amide bonds. The first-order valence-corrected chi connectivity index (χ1v) is 5.04. The summed E-state index contributed by atoms with van der Waals surface area (Å²) in [5, 5.41) is 9.03. The third kappa shape index (κ3) is 1.30. The predicted octanol–water partition coefficient (Wildman–Crippen LogP) is 0.267. The van der Waals surface area contributed by atoms with Crippen LogP contribution >= 0.6 is 0 Å². The van der Waals surface area contributed by atoms with E-state index in [1.165, 1.54) is 4.57 Å². The van der Waals surface area contributed by atoms with Crippen molar-refractivity contribution < 1.29 is 9.90 Å². The number of carboxylic acid groups (broad SMARTS) is 1. The van der Waals surface area contributed by atoms with Crippen LogP contribution in [-0.2, 0) is 4.79 Å². The molecule has 0 unspecified atom stereocenters. The molecule has 0 bridgehead atoms. The molecule has 6 heteroatoms. The van der Waals surface area contributed by atoms with Crippen LogP contribution in [0.2, 0.25) is 0 Å². The number of hydrogen-bond donors (Lipinski definition) is 2. The molecular formula is C10H13N3O3. The van der Waals surface area contributed by atoms with E-state index in [0.29, 0.717) is 17.9 Å². The Kier molecular flexibility index (Phi) is 2.22. The highest BCUT2D eigenvalue weighted by Gasteiger charge is 2.35. The number of nitrogen functional groups attached to an aromatic ring is 1. The SMILES string of the molecule is Cc1nc2n(c(=O)c1N)[C@H](C(=O)O)C[C@H]2C. The lowest BCUT2D eigenvalue weighted by Crippen LogP contribution is -2.30. The molecule has 0 saturated heterocycles. The standard InChI is InChI=1S/C10H13N3O3/c1-4-3-6(10(15)16)13-8(4)12-5(2)7(11)9(13)14/h4,6H,3,11H2,1-2H3,(H,15,16)/t4-,6+/m1/s1. The fraction of sp³-hybridized carbons (Fsp3) is 0.500. The number of rotatable bonds is 1. The van der Waals surface area contributed by atoms with Gasteiger partial charge < -0.3 is 10.8 Å². The minimum atomic E-state index is -1.02. The number of carboxylic acids is 1. The first kappa shape index (κ1) is 10.7. The second kappa shape index (κ2) is 3.33. The summed E-state index contributed by atoms with van der Waals surface area (Å²) in [7, 11) is 0. The van der Waals surface area contributed by atoms with Crippen molar-refractivity contribution in [1.29, 1.82) is 0 Å². The molecule has 6 nitrogen and oxygen atoms in total. The molecule has 0 aromatic carbocycles. The zero-order chi connectivity index (χ0) is 12.0. The number of nitrogens with zero attached hydrogens (tertiary/aromatic N) is 2. The Hall–Kier alpha value is -1.85. The maximum absolute atomic E-state index is 11.9. The maximum atomic E-state index is 11.9. The topological polar surface area (TPSA) is 98.2 Å². The van der Waals surface area contributed by atoms with Crippen molar-refractivity contribution >= 4 is 11.7 Å². The highest BCUT2D eigenvalue weighted by Crippen LogP contribution is 2.33. The third-order valence-corrected chi connectivity index (χ3v) is 2.98. The highest BCUT2D eigenvalue weighted by atomic mass is 16.4. The van der Waals surface area contributed by atoms with E-state index in [2.05, 4.69) is 4.98 Å². The number of aryl methyl sites for hydroxylation is 1. The Bertz CT molecular complexity index is 521. The molecule has 2 atom stereocenters. The van der Waals surface area contributed by atoms with Crippen molar-refractivity contribution in [2.75, 3.05) is 5.73 Å². The van der Waals surface area contributed by atoms with Crippen LogP contribution in [0.1, 0.15) is 36.8 Å². The summed E-state index contributed by atoms with van der Waals surface area (Å²) in [6.45, 7) is 3.51. The van der Waals surface area contributed by atoms with E-state index in [4.69, 9.17) is 10.8 Å². The largest absolute Gasteiger partial charge is 0.480 e. The van der Waals surface area contributed by atoms with Crippen LogP contribution in [0.25, 0.3) is 0 Å². The fourth-order valence-corrected chi connectivity index (χ4v) is 2.08. The van der Waals surface area contributed by atoms with E-state index in [0.717, 1.165) is 0 Å². The summed E-state index contributed by atoms with van der Waals surface area (Å²) in [6, 6.07) is -0.840. The van der Waals surface area contributed by atoms with E-state index < -0.39 is 17.6 Å². The zero-order valence-corrected chi connectivity index (χ0v) is 9.10. The quantitative estimate of drug-likeness (QED) is 0.711. The molecule has 2 rings (SSSR count). The van der Waals surface area contributed by atoms with Crippen molar-refractivity contribution in [1.82, 2.24) is 9.55 Å². The normalized spacial score (nSPS) is 23.1. The van der Waals surface area contributed by atoms with Gasteiger partial charge in [-0.1, -0.05) is 6.92 Å². The molecule has 1 aromatic rings. The molecule has 0 saturated carbocycles. The highest BCUT2D eigenvalue weighted by molar-refractivity contribution is 5.73. The van der Waals surface area contributed by atoms with Crippen LogP contribution in [0.15, 0.2) is 4.79 Å². The molecule has 0 fully saturated rings. The average Bonchev–Trinajstić information content (AvgIpc) is 2.53. The molecule has 0 spiro atoms. The lowest BCUT2D eigenvalue weighted by molar-refractivity contribution is -0.140. The van der Waals surface area contributed by atoms with Gasteiger partial charge in [-0.3, -0.25) is 9.36 Å². The van der Waals surface area contributed by atoms with Gasteiger partial charge >= 0.3 is 5.97 Å². The molecular weight excluding hydrogens is 210 g/mol. The van der Waals surface area contributed by atoms with Gasteiger partial charge in [0.15, 0.2) is 0 Å². The number of hydrogen-bond acceptors (Lipinski definition) is 4. The summed E-state index contributed by atoms with van der Waals surface area (Å²) in [6.07, 6.45) is 0.389. The molecule has 0 radical (unpaired) electrons. The van der Waals surface area contributed by atoms with Gasteiger partial charge in [0, 0.05) is 5.92 Å². The lowest BCUT2D eigenvalue weighted by Gasteiger charge is -2.11. The predicted molar refractivity (Wildman–Crippen MR) is 57.4 cm³/mol. The van der Waals surface area contributed by atoms with Gasteiger partial charge in [-0.05, 0) is 13.3 Å². The van der Waals surface area contributed by atoms with Gasteiger partial charge in [-0.2, -0.15) is 0 Å². The second-order valence-electron chi connectivity index (χ2n) is 4.14. The summed E-state index contributed by atoms with van der Waals surface area (Å²) >= 11 is 0. The van der Waals surface area contributed by atoms with E-state index in [1.54, 1.807) is 6.92 Å². The van der Waals surface area contributed by atoms with Crippen LogP contribution < -0.4 is 11.3 Å². The monoisotopic (exact) mass is 223 g/mol. The minimum Gasteiger partial charge on any atom is -0.480 e. The van der Waals surface area contributed by atoms with E-state index in [9.17, 15) is 9.59 Å². The molecule has 3 N–H and O–H groups in total. The second-order valence-corrected chi connectivity index (χ2v) is 4.14. The van der Waals surface area contributed by atoms with Crippen LogP contribution in [-0.4, -0.2) is 20.6 Å². The lowest BCUT2D eigenvalue weighted by atomic mass is 10.1. The Labute approximate surface area is 91.7 Å². The Morgan fingerprint density at radius 3 is 2.81 bits per heavy atom. The van der Waals surface area contributed by atoms with Crippen LogP contribution in [0, 0.1) is 6.92 Å². The van der Waals surface area contributed by atoms with Gasteiger partial charge in [-0.15, -0.1) is 0 Å². The Morgan fingerprint density at radius 2 is 2.25 bits per heavy atom. The fourth-order valence-electron chi connectivity index (χ4n) is 2.08. The summed E-state index contributed by atoms with van der Waals surface area (Å²) < 4.78 is 1.20. The van der Waals surface area contributed by atoms with E-state index >= 15 is 0 Å². The van der Waals surface area contributed by atoms with Gasteiger partial charge in [0.1, 0.15) is 17.6 Å². The van der Waals surface area contributed by atoms with Crippen molar-refractivity contribution in [2.45, 2.75) is 32.2 Å². The molecule has 2 heterocycles. The van der Waals surface area contributed by atoms with Crippen LogP contribution in [0.4, 0.5) is 5.69 Å². The Balaban J connectivity index is 2.73. The van der Waals surface area contributed by atoms with Crippen molar-refractivity contribution in [3.05, 3.63) is 21.9 Å². The molecule has 1 aromatic heterocycles. The number of aromatic nitrogens is 2. The summed E-state index contributed by atoms with van der Waals surface area (Å²) in [5.74, 6) is -0.532. The first-order valence-electron chi connectivity index (χ1n) is 5.04. The van der Waals surface area contributed by atoms with Crippen molar-refractivity contribution in [3.63, 3.8) is 0 Å². The zero-order valence-electron chi connectivity index (χ0n) is 9.10. The minimum absolute atomic E-state index is 0.0316. The maximum Gasteiger partial charge on any atom is 0.326 e. The smallest absolute Gasteiger partial charge is 0.326 e. The summed E-state index contributed by atoms with van der Waals surface area (Å²) in [5.41, 5.74) is 5.63. The third-order valence-electron chi connectivity index (χ3n) is 2.98. The molecule has 1 aliphatic rings. The molecule has 16 heavy (non-hydrogen) atoms.